The average Bonchev–Trinajstić information content (AvgIpc) is 2.90. The van der Waals surface area contributed by atoms with Crippen LogP contribution in [0.25, 0.3) is 11.5 Å². The first-order valence-corrected chi connectivity index (χ1v) is 6.51. The highest BCUT2D eigenvalue weighted by Crippen LogP contribution is 2.20. The van der Waals surface area contributed by atoms with Gasteiger partial charge in [-0.15, -0.1) is 0 Å². The highest BCUT2D eigenvalue weighted by Gasteiger charge is 2.09. The van der Waals surface area contributed by atoms with E-state index in [1.807, 2.05) is 42.5 Å². The van der Waals surface area contributed by atoms with Gasteiger partial charge >= 0.3 is 0 Å². The molecule has 0 aliphatic carbocycles. The lowest BCUT2D eigenvalue weighted by molar-refractivity contribution is 0.424. The lowest BCUT2D eigenvalue weighted by atomic mass is 10.1. The summed E-state index contributed by atoms with van der Waals surface area (Å²) < 4.78 is 5.26. The molecule has 0 aliphatic heterocycles. The molecule has 0 radical (unpaired) electrons. The fourth-order valence-electron chi connectivity index (χ4n) is 1.90. The molecule has 20 heavy (non-hydrogen) atoms. The third-order valence-corrected chi connectivity index (χ3v) is 3.13. The van der Waals surface area contributed by atoms with E-state index in [1.165, 1.54) is 0 Å². The Labute approximate surface area is 121 Å². The Morgan fingerprint density at radius 1 is 1.10 bits per heavy atom. The number of benzene rings is 2. The minimum absolute atomic E-state index is 0.473. The fraction of sp³-hybridized carbons (Fsp3) is 0.0667. The van der Waals surface area contributed by atoms with Gasteiger partial charge in [-0.25, -0.2) is 0 Å². The van der Waals surface area contributed by atoms with Crippen molar-refractivity contribution in [2.45, 2.75) is 6.42 Å². The molecule has 0 unspecified atom stereocenters. The summed E-state index contributed by atoms with van der Waals surface area (Å²) in [6.45, 7) is 0. The maximum atomic E-state index is 5.85. The topological polar surface area (TPSA) is 64.9 Å². The first-order chi connectivity index (χ1) is 9.70. The number of hydrogen-bond donors (Lipinski definition) is 1. The van der Waals surface area contributed by atoms with Crippen LogP contribution in [-0.4, -0.2) is 10.1 Å². The molecule has 3 aromatic rings. The summed E-state index contributed by atoms with van der Waals surface area (Å²) in [5.41, 5.74) is 8.30. The second-order valence-electron chi connectivity index (χ2n) is 4.44. The zero-order chi connectivity index (χ0) is 13.9. The second kappa shape index (κ2) is 5.35. The van der Waals surface area contributed by atoms with Gasteiger partial charge in [-0.05, 0) is 35.9 Å². The van der Waals surface area contributed by atoms with Crippen molar-refractivity contribution in [3.05, 3.63) is 64.9 Å². The van der Waals surface area contributed by atoms with Crippen LogP contribution in [0.15, 0.2) is 53.1 Å². The van der Waals surface area contributed by atoms with E-state index >= 15 is 0 Å². The van der Waals surface area contributed by atoms with Gasteiger partial charge in [-0.2, -0.15) is 4.98 Å². The van der Waals surface area contributed by atoms with Gasteiger partial charge in [-0.1, -0.05) is 35.0 Å². The van der Waals surface area contributed by atoms with Crippen LogP contribution in [0.1, 0.15) is 11.4 Å². The predicted molar refractivity (Wildman–Crippen MR) is 78.4 cm³/mol. The predicted octanol–water partition coefficient (Wildman–Crippen LogP) is 3.56. The minimum atomic E-state index is 0.473. The van der Waals surface area contributed by atoms with E-state index in [1.54, 1.807) is 6.07 Å². The summed E-state index contributed by atoms with van der Waals surface area (Å²) in [5, 5.41) is 4.69. The van der Waals surface area contributed by atoms with Gasteiger partial charge in [0.1, 0.15) is 0 Å². The summed E-state index contributed by atoms with van der Waals surface area (Å²) in [6.07, 6.45) is 0.600. The summed E-state index contributed by atoms with van der Waals surface area (Å²) in [5.74, 6) is 1.10. The number of nitrogen functional groups attached to an aromatic ring is 1. The van der Waals surface area contributed by atoms with Crippen molar-refractivity contribution >= 4 is 17.3 Å². The van der Waals surface area contributed by atoms with Gasteiger partial charge in [0.05, 0.1) is 0 Å². The van der Waals surface area contributed by atoms with Crippen LogP contribution in [0.3, 0.4) is 0 Å². The van der Waals surface area contributed by atoms with Crippen molar-refractivity contribution in [3.63, 3.8) is 0 Å². The average molecular weight is 286 g/mol. The molecular formula is C15H12ClN3O. The number of anilines is 1. The van der Waals surface area contributed by atoms with Crippen LogP contribution in [0.4, 0.5) is 5.69 Å². The van der Waals surface area contributed by atoms with Crippen molar-refractivity contribution in [2.75, 3.05) is 5.73 Å². The SMILES string of the molecule is Nc1cccc(-c2nc(Cc3ccc(Cl)cc3)no2)c1. The Hall–Kier alpha value is -2.33. The van der Waals surface area contributed by atoms with Crippen LogP contribution < -0.4 is 5.73 Å². The molecule has 2 aromatic carbocycles. The van der Waals surface area contributed by atoms with E-state index in [2.05, 4.69) is 10.1 Å². The van der Waals surface area contributed by atoms with Crippen molar-refractivity contribution in [2.24, 2.45) is 0 Å². The van der Waals surface area contributed by atoms with Crippen molar-refractivity contribution < 1.29 is 4.52 Å². The molecule has 100 valence electrons. The maximum Gasteiger partial charge on any atom is 0.258 e. The molecule has 1 heterocycles. The maximum absolute atomic E-state index is 5.85. The van der Waals surface area contributed by atoms with E-state index in [4.69, 9.17) is 21.9 Å². The Kier molecular flexibility index (Phi) is 3.39. The standard InChI is InChI=1S/C15H12ClN3O/c16-12-6-4-10(5-7-12)8-14-18-15(20-19-14)11-2-1-3-13(17)9-11/h1-7,9H,8,17H2. The van der Waals surface area contributed by atoms with Crippen molar-refractivity contribution in [1.82, 2.24) is 10.1 Å². The normalized spacial score (nSPS) is 10.7. The van der Waals surface area contributed by atoms with E-state index in [-0.39, 0.29) is 0 Å². The third kappa shape index (κ3) is 2.81. The largest absolute Gasteiger partial charge is 0.399 e. The minimum Gasteiger partial charge on any atom is -0.399 e. The molecule has 0 bridgehead atoms. The highest BCUT2D eigenvalue weighted by molar-refractivity contribution is 6.30. The molecular weight excluding hydrogens is 274 g/mol. The molecule has 0 amide bonds. The number of hydrogen-bond acceptors (Lipinski definition) is 4. The number of nitrogens with zero attached hydrogens (tertiary/aromatic N) is 2. The lowest BCUT2D eigenvalue weighted by Gasteiger charge is -1.96. The number of halogens is 1. The van der Waals surface area contributed by atoms with Gasteiger partial charge in [0.2, 0.25) is 0 Å². The highest BCUT2D eigenvalue weighted by atomic mass is 35.5. The Morgan fingerprint density at radius 3 is 2.65 bits per heavy atom. The molecule has 1 aromatic heterocycles. The van der Waals surface area contributed by atoms with Gasteiger partial charge in [0.15, 0.2) is 5.82 Å². The zero-order valence-electron chi connectivity index (χ0n) is 10.6. The van der Waals surface area contributed by atoms with Crippen molar-refractivity contribution in [1.29, 1.82) is 0 Å². The summed E-state index contributed by atoms with van der Waals surface area (Å²) in [6, 6.07) is 14.9. The first kappa shape index (κ1) is 12.7. The first-order valence-electron chi connectivity index (χ1n) is 6.14. The summed E-state index contributed by atoms with van der Waals surface area (Å²) >= 11 is 5.85. The zero-order valence-corrected chi connectivity index (χ0v) is 11.3. The van der Waals surface area contributed by atoms with Crippen LogP contribution in [0.2, 0.25) is 5.02 Å². The number of aromatic nitrogens is 2. The molecule has 0 atom stereocenters. The second-order valence-corrected chi connectivity index (χ2v) is 4.88. The Bertz CT molecular complexity index is 722. The molecule has 5 heteroatoms. The van der Waals surface area contributed by atoms with Gasteiger partial charge < -0.3 is 10.3 Å². The van der Waals surface area contributed by atoms with E-state index in [0.29, 0.717) is 28.8 Å². The third-order valence-electron chi connectivity index (χ3n) is 2.88. The summed E-state index contributed by atoms with van der Waals surface area (Å²) in [7, 11) is 0. The molecule has 3 rings (SSSR count). The van der Waals surface area contributed by atoms with Crippen LogP contribution in [-0.2, 0) is 6.42 Å². The fourth-order valence-corrected chi connectivity index (χ4v) is 2.03. The summed E-state index contributed by atoms with van der Waals surface area (Å²) in [4.78, 5) is 4.37. The van der Waals surface area contributed by atoms with Crippen molar-refractivity contribution in [3.8, 4) is 11.5 Å². The quantitative estimate of drug-likeness (QED) is 0.747. The van der Waals surface area contributed by atoms with Gasteiger partial charge in [0, 0.05) is 22.7 Å². The van der Waals surface area contributed by atoms with Gasteiger partial charge in [0.25, 0.3) is 5.89 Å². The van der Waals surface area contributed by atoms with Crippen LogP contribution in [0, 0.1) is 0 Å². The van der Waals surface area contributed by atoms with E-state index < -0.39 is 0 Å². The Morgan fingerprint density at radius 2 is 1.90 bits per heavy atom. The number of rotatable bonds is 3. The molecule has 0 fully saturated rings. The van der Waals surface area contributed by atoms with E-state index in [0.717, 1.165) is 11.1 Å². The molecule has 0 spiro atoms. The lowest BCUT2D eigenvalue weighted by Crippen LogP contribution is -1.90. The van der Waals surface area contributed by atoms with Crippen LogP contribution >= 0.6 is 11.6 Å². The molecule has 0 saturated carbocycles. The molecule has 0 aliphatic rings. The smallest absolute Gasteiger partial charge is 0.258 e. The molecule has 4 nitrogen and oxygen atoms in total. The van der Waals surface area contributed by atoms with E-state index in [9.17, 15) is 0 Å². The van der Waals surface area contributed by atoms with Crippen LogP contribution in [0.5, 0.6) is 0 Å². The molecule has 2 N–H and O–H groups in total. The number of nitrogens with two attached hydrogens (primary N) is 1. The van der Waals surface area contributed by atoms with Gasteiger partial charge in [-0.3, -0.25) is 0 Å². The Balaban J connectivity index is 1.82. The molecule has 0 saturated heterocycles. The monoisotopic (exact) mass is 285 g/mol.